The van der Waals surface area contributed by atoms with Crippen LogP contribution in [0.2, 0.25) is 0 Å². The molecule has 1 aromatic heterocycles. The second kappa shape index (κ2) is 11.1. The van der Waals surface area contributed by atoms with E-state index in [4.69, 9.17) is 9.47 Å². The van der Waals surface area contributed by atoms with E-state index in [0.717, 1.165) is 11.1 Å². The molecule has 0 saturated carbocycles. The van der Waals surface area contributed by atoms with Crippen LogP contribution in [0.3, 0.4) is 0 Å². The number of carbonyl (C=O) groups excluding carboxylic acids is 2. The second-order valence-electron chi connectivity index (χ2n) is 6.24. The molecule has 0 aliphatic rings. The van der Waals surface area contributed by atoms with Gasteiger partial charge in [0.05, 0.1) is 12.7 Å². The normalized spacial score (nSPS) is 11.1. The van der Waals surface area contributed by atoms with Gasteiger partial charge in [-0.1, -0.05) is 65.9 Å². The molecule has 0 saturated heterocycles. The molecule has 7 nitrogen and oxygen atoms in total. The van der Waals surface area contributed by atoms with Gasteiger partial charge in [0, 0.05) is 12.2 Å². The van der Waals surface area contributed by atoms with E-state index < -0.39 is 11.9 Å². The molecule has 0 bridgehead atoms. The average Bonchev–Trinajstić information content (AvgIpc) is 3.24. The molecule has 0 radical (unpaired) electrons. The molecule has 30 heavy (non-hydrogen) atoms. The third-order valence-corrected chi connectivity index (χ3v) is 3.94. The van der Waals surface area contributed by atoms with E-state index >= 15 is 0 Å². The van der Waals surface area contributed by atoms with Gasteiger partial charge in [-0.3, -0.25) is 0 Å². The average molecular weight is 403 g/mol. The Balaban J connectivity index is 1.36. The van der Waals surface area contributed by atoms with Gasteiger partial charge in [-0.05, 0) is 23.3 Å². The van der Waals surface area contributed by atoms with E-state index in [1.54, 1.807) is 18.3 Å². The van der Waals surface area contributed by atoms with Crippen LogP contribution in [0.15, 0.2) is 79.0 Å². The van der Waals surface area contributed by atoms with Crippen molar-refractivity contribution in [1.29, 1.82) is 0 Å². The summed E-state index contributed by atoms with van der Waals surface area (Å²) in [7, 11) is 0. The summed E-state index contributed by atoms with van der Waals surface area (Å²) >= 11 is 0. The summed E-state index contributed by atoms with van der Waals surface area (Å²) in [6.45, 7) is 0.512. The molecule has 3 rings (SSSR count). The number of hydrogen-bond acceptors (Lipinski definition) is 6. The first-order chi connectivity index (χ1) is 14.7. The summed E-state index contributed by atoms with van der Waals surface area (Å²) < 4.78 is 11.8. The van der Waals surface area contributed by atoms with Crippen LogP contribution in [0.5, 0.6) is 0 Å². The zero-order chi connectivity index (χ0) is 21.0. The summed E-state index contributed by atoms with van der Waals surface area (Å²) in [4.78, 5) is 23.5. The molecule has 0 aliphatic heterocycles. The highest BCUT2D eigenvalue weighted by Crippen LogP contribution is 2.03. The molecule has 3 aromatic rings. The predicted molar refractivity (Wildman–Crippen MR) is 112 cm³/mol. The molecular formula is C23H21N3O4. The van der Waals surface area contributed by atoms with Crippen molar-refractivity contribution in [2.45, 2.75) is 13.2 Å². The largest absolute Gasteiger partial charge is 0.461 e. The summed E-state index contributed by atoms with van der Waals surface area (Å²) in [5.41, 5.74) is 2.34. The predicted octanol–water partition coefficient (Wildman–Crippen LogP) is 3.29. The minimum absolute atomic E-state index is 0.0115. The molecule has 0 amide bonds. The molecule has 0 aliphatic carbocycles. The molecule has 7 heteroatoms. The lowest BCUT2D eigenvalue weighted by molar-refractivity contribution is -0.139. The minimum Gasteiger partial charge on any atom is -0.461 e. The third-order valence-electron chi connectivity index (χ3n) is 3.94. The lowest BCUT2D eigenvalue weighted by atomic mass is 10.2. The molecule has 1 heterocycles. The van der Waals surface area contributed by atoms with Crippen molar-refractivity contribution in [3.8, 4) is 0 Å². The van der Waals surface area contributed by atoms with E-state index in [-0.39, 0.29) is 13.2 Å². The highest BCUT2D eigenvalue weighted by molar-refractivity contribution is 5.87. The minimum atomic E-state index is -0.465. The number of esters is 2. The Bertz CT molecular complexity index is 1010. The van der Waals surface area contributed by atoms with Gasteiger partial charge in [-0.15, -0.1) is 5.10 Å². The van der Waals surface area contributed by atoms with Crippen LogP contribution in [0, 0.1) is 0 Å². The highest BCUT2D eigenvalue weighted by Gasteiger charge is 2.05. The molecule has 0 unspecified atom stereocenters. The third kappa shape index (κ3) is 7.20. The van der Waals surface area contributed by atoms with E-state index in [1.807, 2.05) is 60.7 Å². The van der Waals surface area contributed by atoms with Gasteiger partial charge in [0.1, 0.15) is 18.9 Å². The molecule has 0 N–H and O–H groups in total. The maximum atomic E-state index is 11.8. The summed E-state index contributed by atoms with van der Waals surface area (Å²) in [5.74, 6) is -0.897. The van der Waals surface area contributed by atoms with Gasteiger partial charge >= 0.3 is 11.9 Å². The first kappa shape index (κ1) is 20.7. The number of carbonyl (C=O) groups is 2. The van der Waals surface area contributed by atoms with Crippen molar-refractivity contribution in [1.82, 2.24) is 15.0 Å². The lowest BCUT2D eigenvalue weighted by Crippen LogP contribution is -2.10. The van der Waals surface area contributed by atoms with Gasteiger partial charge in [0.2, 0.25) is 0 Å². The number of ether oxygens (including phenoxy) is 2. The van der Waals surface area contributed by atoms with Crippen molar-refractivity contribution in [2.24, 2.45) is 0 Å². The van der Waals surface area contributed by atoms with Crippen molar-refractivity contribution in [3.05, 3.63) is 95.8 Å². The summed E-state index contributed by atoms with van der Waals surface area (Å²) in [5, 5.41) is 7.86. The first-order valence-corrected chi connectivity index (χ1v) is 9.38. The Morgan fingerprint density at radius 2 is 1.40 bits per heavy atom. The SMILES string of the molecule is O=C(/C=C/c1ccccc1)OCCn1cc(COC(=O)/C=C/c2ccccc2)nn1. The second-order valence-corrected chi connectivity index (χ2v) is 6.24. The quantitative estimate of drug-likeness (QED) is 0.403. The van der Waals surface area contributed by atoms with Gasteiger partial charge in [0.15, 0.2) is 0 Å². The molecule has 2 aromatic carbocycles. The van der Waals surface area contributed by atoms with Crippen LogP contribution < -0.4 is 0 Å². The maximum Gasteiger partial charge on any atom is 0.331 e. The number of aromatic nitrogens is 3. The van der Waals surface area contributed by atoms with Gasteiger partial charge < -0.3 is 9.47 Å². The van der Waals surface area contributed by atoms with Gasteiger partial charge in [-0.25, -0.2) is 14.3 Å². The molecule has 0 fully saturated rings. The number of benzene rings is 2. The van der Waals surface area contributed by atoms with E-state index in [1.165, 1.54) is 16.8 Å². The molecule has 152 valence electrons. The maximum absolute atomic E-state index is 11.8. The van der Waals surface area contributed by atoms with E-state index in [0.29, 0.717) is 12.2 Å². The van der Waals surface area contributed by atoms with E-state index in [9.17, 15) is 9.59 Å². The zero-order valence-corrected chi connectivity index (χ0v) is 16.3. The Morgan fingerprint density at radius 1 is 0.833 bits per heavy atom. The Kier molecular flexibility index (Phi) is 7.68. The van der Waals surface area contributed by atoms with Crippen LogP contribution in [-0.4, -0.2) is 33.5 Å². The van der Waals surface area contributed by atoms with Crippen LogP contribution in [0.4, 0.5) is 0 Å². The molecular weight excluding hydrogens is 382 g/mol. The Hall–Kier alpha value is -4.00. The standard InChI is InChI=1S/C23H21N3O4/c27-22(13-11-19-7-3-1-4-8-19)29-16-15-26-17-21(24-25-26)18-30-23(28)14-12-20-9-5-2-6-10-20/h1-14,17H,15-16,18H2/b13-11+,14-12+. The monoisotopic (exact) mass is 403 g/mol. The number of rotatable bonds is 9. The number of hydrogen-bond donors (Lipinski definition) is 0. The lowest BCUT2D eigenvalue weighted by Gasteiger charge is -2.01. The van der Waals surface area contributed by atoms with Crippen LogP contribution in [0.1, 0.15) is 16.8 Å². The van der Waals surface area contributed by atoms with Crippen LogP contribution in [-0.2, 0) is 32.2 Å². The molecule has 0 spiro atoms. The van der Waals surface area contributed by atoms with Crippen molar-refractivity contribution in [3.63, 3.8) is 0 Å². The Labute approximate surface area is 174 Å². The summed E-state index contributed by atoms with van der Waals surface area (Å²) in [6.07, 6.45) is 7.75. The van der Waals surface area contributed by atoms with Crippen molar-refractivity contribution in [2.75, 3.05) is 6.61 Å². The number of nitrogens with zero attached hydrogens (tertiary/aromatic N) is 3. The van der Waals surface area contributed by atoms with Crippen molar-refractivity contribution >= 4 is 24.1 Å². The van der Waals surface area contributed by atoms with E-state index in [2.05, 4.69) is 10.3 Å². The smallest absolute Gasteiger partial charge is 0.331 e. The fourth-order valence-electron chi connectivity index (χ4n) is 2.45. The fourth-order valence-corrected chi connectivity index (χ4v) is 2.45. The van der Waals surface area contributed by atoms with Crippen LogP contribution in [0.25, 0.3) is 12.2 Å². The first-order valence-electron chi connectivity index (χ1n) is 9.38. The van der Waals surface area contributed by atoms with Crippen LogP contribution >= 0.6 is 0 Å². The zero-order valence-electron chi connectivity index (χ0n) is 16.3. The topological polar surface area (TPSA) is 83.3 Å². The van der Waals surface area contributed by atoms with Crippen molar-refractivity contribution < 1.29 is 19.1 Å². The Morgan fingerprint density at radius 3 is 2.00 bits per heavy atom. The fraction of sp³-hybridized carbons (Fsp3) is 0.130. The summed E-state index contributed by atoms with van der Waals surface area (Å²) in [6, 6.07) is 18.9. The van der Waals surface area contributed by atoms with Gasteiger partial charge in [-0.2, -0.15) is 0 Å². The highest BCUT2D eigenvalue weighted by atomic mass is 16.5. The molecule has 0 atom stereocenters. The van der Waals surface area contributed by atoms with Gasteiger partial charge in [0.25, 0.3) is 0 Å².